The lowest BCUT2D eigenvalue weighted by molar-refractivity contribution is -0.130. The Kier molecular flexibility index (Phi) is 7.61. The molecular weight excluding hydrogens is 352 g/mol. The molecule has 1 aromatic carbocycles. The van der Waals surface area contributed by atoms with Gasteiger partial charge in [0.25, 0.3) is 0 Å². The molecule has 0 aliphatic heterocycles. The Labute approximate surface area is 168 Å². The number of fused-ring (bicyclic) bond motifs is 1. The number of likely N-dealkylation sites (N-methyl/N-ethyl adjacent to an activating group) is 1. The Bertz CT molecular complexity index is 804. The van der Waals surface area contributed by atoms with Gasteiger partial charge in [0.15, 0.2) is 0 Å². The molecule has 0 unspecified atom stereocenters. The van der Waals surface area contributed by atoms with Crippen LogP contribution in [0.1, 0.15) is 52.8 Å². The molecule has 0 aliphatic rings. The van der Waals surface area contributed by atoms with Gasteiger partial charge >= 0.3 is 0 Å². The zero-order valence-corrected chi connectivity index (χ0v) is 17.9. The summed E-state index contributed by atoms with van der Waals surface area (Å²) in [6.07, 6.45) is 3.57. The number of carbonyl (C=O) groups is 2. The van der Waals surface area contributed by atoms with E-state index < -0.39 is 0 Å². The number of amides is 2. The third-order valence-corrected chi connectivity index (χ3v) is 4.84. The van der Waals surface area contributed by atoms with Gasteiger partial charge in [0.1, 0.15) is 12.4 Å². The van der Waals surface area contributed by atoms with E-state index in [4.69, 9.17) is 4.98 Å². The molecule has 0 saturated heterocycles. The summed E-state index contributed by atoms with van der Waals surface area (Å²) < 4.78 is 2.02. The molecule has 2 rings (SSSR count). The second kappa shape index (κ2) is 9.71. The van der Waals surface area contributed by atoms with Crippen LogP contribution < -0.4 is 5.32 Å². The molecule has 0 radical (unpaired) electrons. The van der Waals surface area contributed by atoms with E-state index in [2.05, 4.69) is 12.2 Å². The summed E-state index contributed by atoms with van der Waals surface area (Å²) in [6, 6.07) is 7.91. The molecule has 1 aromatic heterocycles. The van der Waals surface area contributed by atoms with Gasteiger partial charge in [0.2, 0.25) is 11.8 Å². The lowest BCUT2D eigenvalue weighted by Gasteiger charge is -2.19. The van der Waals surface area contributed by atoms with Crippen LogP contribution in [0.25, 0.3) is 11.0 Å². The lowest BCUT2D eigenvalue weighted by atomic mass is 9.96. The van der Waals surface area contributed by atoms with Gasteiger partial charge < -0.3 is 14.8 Å². The molecule has 154 valence electrons. The highest BCUT2D eigenvalue weighted by atomic mass is 16.2. The second-order valence-electron chi connectivity index (χ2n) is 8.38. The minimum Gasteiger partial charge on any atom is -0.356 e. The van der Waals surface area contributed by atoms with Crippen LogP contribution >= 0.6 is 0 Å². The number of nitrogens with one attached hydrogen (secondary N) is 1. The molecule has 1 heterocycles. The van der Waals surface area contributed by atoms with Gasteiger partial charge in [0, 0.05) is 32.0 Å². The summed E-state index contributed by atoms with van der Waals surface area (Å²) in [6.45, 7) is 9.51. The number of unbranched alkanes of at least 4 members (excludes halogenated alkanes) is 1. The summed E-state index contributed by atoms with van der Waals surface area (Å²) in [4.78, 5) is 31.2. The summed E-state index contributed by atoms with van der Waals surface area (Å²) in [5, 5.41) is 2.98. The molecule has 2 aromatic rings. The third kappa shape index (κ3) is 5.81. The zero-order valence-electron chi connectivity index (χ0n) is 17.9. The van der Waals surface area contributed by atoms with Crippen LogP contribution in [0.2, 0.25) is 0 Å². The van der Waals surface area contributed by atoms with Crippen molar-refractivity contribution in [2.75, 3.05) is 20.1 Å². The predicted molar refractivity (Wildman–Crippen MR) is 113 cm³/mol. The van der Waals surface area contributed by atoms with E-state index in [1.165, 1.54) is 0 Å². The predicted octanol–water partition coefficient (Wildman–Crippen LogP) is 3.39. The Morgan fingerprint density at radius 2 is 1.89 bits per heavy atom. The van der Waals surface area contributed by atoms with Gasteiger partial charge in [-0.2, -0.15) is 0 Å². The first kappa shape index (κ1) is 21.9. The van der Waals surface area contributed by atoms with Crippen molar-refractivity contribution in [3.05, 3.63) is 30.1 Å². The van der Waals surface area contributed by atoms with Crippen LogP contribution in [-0.4, -0.2) is 46.4 Å². The molecule has 6 heteroatoms. The maximum Gasteiger partial charge on any atom is 0.242 e. The number of aryl methyl sites for hydroxylation is 1. The topological polar surface area (TPSA) is 67.2 Å². The van der Waals surface area contributed by atoms with Gasteiger partial charge in [-0.05, 0) is 25.0 Å². The maximum absolute atomic E-state index is 12.7. The van der Waals surface area contributed by atoms with Crippen LogP contribution in [0.3, 0.4) is 0 Å². The standard InChI is InChI=1S/C22H34N4O2/c1-6-7-15-25(5)20(27)16-26-18-12-9-8-11-17(18)24-19(26)13-10-14-23-21(28)22(2,3)4/h8-9,11-12H,6-7,10,13-16H2,1-5H3,(H,23,28). The number of imidazole rings is 1. The number of para-hydroxylation sites is 2. The highest BCUT2D eigenvalue weighted by molar-refractivity contribution is 5.81. The van der Waals surface area contributed by atoms with Gasteiger partial charge in [0.05, 0.1) is 11.0 Å². The van der Waals surface area contributed by atoms with Gasteiger partial charge in [-0.1, -0.05) is 46.2 Å². The molecule has 6 nitrogen and oxygen atoms in total. The lowest BCUT2D eigenvalue weighted by Crippen LogP contribution is -2.35. The molecule has 28 heavy (non-hydrogen) atoms. The highest BCUT2D eigenvalue weighted by Crippen LogP contribution is 2.18. The Hall–Kier alpha value is -2.37. The first-order chi connectivity index (χ1) is 13.2. The molecule has 0 atom stereocenters. The Balaban J connectivity index is 2.07. The molecule has 1 N–H and O–H groups in total. The number of hydrogen-bond donors (Lipinski definition) is 1. The van der Waals surface area contributed by atoms with Crippen LogP contribution in [0.15, 0.2) is 24.3 Å². The summed E-state index contributed by atoms with van der Waals surface area (Å²) in [7, 11) is 1.86. The van der Waals surface area contributed by atoms with Crippen molar-refractivity contribution in [2.45, 2.75) is 59.9 Å². The molecular formula is C22H34N4O2. The quantitative estimate of drug-likeness (QED) is 0.672. The van der Waals surface area contributed by atoms with Gasteiger partial charge in [-0.25, -0.2) is 4.98 Å². The summed E-state index contributed by atoms with van der Waals surface area (Å²) in [5.41, 5.74) is 1.50. The van der Waals surface area contributed by atoms with Gasteiger partial charge in [-0.3, -0.25) is 9.59 Å². The number of benzene rings is 1. The smallest absolute Gasteiger partial charge is 0.242 e. The normalized spacial score (nSPS) is 11.6. The SMILES string of the molecule is CCCCN(C)C(=O)Cn1c(CCCNC(=O)C(C)(C)C)nc2ccccc21. The van der Waals surface area contributed by atoms with E-state index in [9.17, 15) is 9.59 Å². The first-order valence-corrected chi connectivity index (χ1v) is 10.2. The van der Waals surface area contributed by atoms with E-state index in [0.717, 1.165) is 42.7 Å². The van der Waals surface area contributed by atoms with Gasteiger partial charge in [-0.15, -0.1) is 0 Å². The summed E-state index contributed by atoms with van der Waals surface area (Å²) >= 11 is 0. The van der Waals surface area contributed by atoms with Crippen molar-refractivity contribution in [1.82, 2.24) is 19.8 Å². The molecule has 0 fully saturated rings. The van der Waals surface area contributed by atoms with Crippen LogP contribution in [0.4, 0.5) is 0 Å². The van der Waals surface area contributed by atoms with Crippen LogP contribution in [-0.2, 0) is 22.6 Å². The minimum atomic E-state index is -0.386. The first-order valence-electron chi connectivity index (χ1n) is 10.2. The van der Waals surface area contributed by atoms with Crippen molar-refractivity contribution < 1.29 is 9.59 Å². The van der Waals surface area contributed by atoms with E-state index in [1.54, 1.807) is 4.90 Å². The molecule has 0 bridgehead atoms. The average molecular weight is 387 g/mol. The number of hydrogen-bond acceptors (Lipinski definition) is 3. The van der Waals surface area contributed by atoms with Crippen molar-refractivity contribution in [3.63, 3.8) is 0 Å². The Morgan fingerprint density at radius 1 is 1.18 bits per heavy atom. The van der Waals surface area contributed by atoms with Crippen molar-refractivity contribution >= 4 is 22.8 Å². The van der Waals surface area contributed by atoms with E-state index in [-0.39, 0.29) is 17.2 Å². The number of nitrogens with zero attached hydrogens (tertiary/aromatic N) is 3. The van der Waals surface area contributed by atoms with Crippen molar-refractivity contribution in [1.29, 1.82) is 0 Å². The van der Waals surface area contributed by atoms with Crippen molar-refractivity contribution in [2.24, 2.45) is 5.41 Å². The van der Waals surface area contributed by atoms with Crippen LogP contribution in [0, 0.1) is 5.41 Å². The number of rotatable bonds is 9. The second-order valence-corrected chi connectivity index (χ2v) is 8.38. The molecule has 2 amide bonds. The largest absolute Gasteiger partial charge is 0.356 e. The third-order valence-electron chi connectivity index (χ3n) is 4.84. The van der Waals surface area contributed by atoms with Crippen molar-refractivity contribution in [3.8, 4) is 0 Å². The molecule has 0 saturated carbocycles. The number of aromatic nitrogens is 2. The Morgan fingerprint density at radius 3 is 2.57 bits per heavy atom. The van der Waals surface area contributed by atoms with E-state index in [1.807, 2.05) is 56.7 Å². The monoisotopic (exact) mass is 386 g/mol. The minimum absolute atomic E-state index is 0.0497. The average Bonchev–Trinajstić information content (AvgIpc) is 2.99. The fourth-order valence-corrected chi connectivity index (χ4v) is 2.98. The number of carbonyl (C=O) groups excluding carboxylic acids is 2. The molecule has 0 aliphatic carbocycles. The maximum atomic E-state index is 12.7. The van der Waals surface area contributed by atoms with Crippen LogP contribution in [0.5, 0.6) is 0 Å². The molecule has 0 spiro atoms. The summed E-state index contributed by atoms with van der Waals surface area (Å²) in [5.74, 6) is 1.04. The fourth-order valence-electron chi connectivity index (χ4n) is 2.98. The van der Waals surface area contributed by atoms with E-state index in [0.29, 0.717) is 19.5 Å². The zero-order chi connectivity index (χ0) is 20.7. The highest BCUT2D eigenvalue weighted by Gasteiger charge is 2.20. The fraction of sp³-hybridized carbons (Fsp3) is 0.591. The van der Waals surface area contributed by atoms with E-state index >= 15 is 0 Å².